The number of aromatic nitrogens is 4. The van der Waals surface area contributed by atoms with Crippen molar-refractivity contribution in [1.82, 2.24) is 19.7 Å². The van der Waals surface area contributed by atoms with Gasteiger partial charge in [0, 0.05) is 42.5 Å². The Kier molecular flexibility index (Phi) is 5.80. The maximum Gasteiger partial charge on any atom is 0.268 e. The van der Waals surface area contributed by atoms with Gasteiger partial charge in [-0.25, -0.2) is 4.98 Å². The third-order valence-corrected chi connectivity index (χ3v) is 6.33. The highest BCUT2D eigenvalue weighted by Crippen LogP contribution is 2.34. The third-order valence-electron chi connectivity index (χ3n) is 5.19. The van der Waals surface area contributed by atoms with E-state index in [4.69, 9.17) is 9.47 Å². The summed E-state index contributed by atoms with van der Waals surface area (Å²) in [6.07, 6.45) is 4.25. The van der Waals surface area contributed by atoms with Gasteiger partial charge in [-0.05, 0) is 31.5 Å². The molecular formula is C22H22N6O4S. The highest BCUT2D eigenvalue weighted by Gasteiger charge is 2.21. The predicted molar refractivity (Wildman–Crippen MR) is 125 cm³/mol. The number of rotatable bonds is 8. The number of thiophene rings is 1. The molecule has 0 aliphatic carbocycles. The first-order valence-electron chi connectivity index (χ1n) is 10.6. The van der Waals surface area contributed by atoms with Gasteiger partial charge >= 0.3 is 0 Å². The van der Waals surface area contributed by atoms with Crippen LogP contribution in [0.5, 0.6) is 5.75 Å². The highest BCUT2D eigenvalue weighted by atomic mass is 32.1. The first-order valence-corrected chi connectivity index (χ1v) is 11.4. The van der Waals surface area contributed by atoms with Crippen LogP contribution in [0.25, 0.3) is 21.5 Å². The van der Waals surface area contributed by atoms with Crippen LogP contribution in [-0.2, 0) is 16.1 Å². The van der Waals surface area contributed by atoms with E-state index in [0.717, 1.165) is 22.4 Å². The number of aryl methyl sites for hydroxylation is 1. The molecule has 4 heterocycles. The lowest BCUT2D eigenvalue weighted by Gasteiger charge is -2.18. The minimum atomic E-state index is -0.245. The molecule has 5 rings (SSSR count). The van der Waals surface area contributed by atoms with Crippen LogP contribution in [0.2, 0.25) is 0 Å². The van der Waals surface area contributed by atoms with Gasteiger partial charge in [-0.1, -0.05) is 0 Å². The van der Waals surface area contributed by atoms with Crippen LogP contribution < -0.4 is 15.4 Å². The zero-order chi connectivity index (χ0) is 22.8. The van der Waals surface area contributed by atoms with Gasteiger partial charge in [0.2, 0.25) is 5.95 Å². The van der Waals surface area contributed by atoms with Crippen LogP contribution in [-0.4, -0.2) is 51.4 Å². The molecule has 0 radical (unpaired) electrons. The largest absolute Gasteiger partial charge is 0.482 e. The summed E-state index contributed by atoms with van der Waals surface area (Å²) >= 11 is 1.38. The smallest absolute Gasteiger partial charge is 0.268 e. The predicted octanol–water partition coefficient (Wildman–Crippen LogP) is 3.50. The lowest BCUT2D eigenvalue weighted by Crippen LogP contribution is -2.25. The Bertz CT molecular complexity index is 1310. The number of carbonyl (C=O) groups is 2. The molecule has 3 N–H and O–H groups in total. The summed E-state index contributed by atoms with van der Waals surface area (Å²) in [7, 11) is 0. The zero-order valence-corrected chi connectivity index (χ0v) is 18.7. The number of amides is 2. The van der Waals surface area contributed by atoms with Crippen molar-refractivity contribution in [2.24, 2.45) is 0 Å². The van der Waals surface area contributed by atoms with E-state index in [9.17, 15) is 9.59 Å². The lowest BCUT2D eigenvalue weighted by molar-refractivity contribution is -0.118. The Morgan fingerprint density at radius 3 is 3.09 bits per heavy atom. The Balaban J connectivity index is 1.45. The van der Waals surface area contributed by atoms with Crippen molar-refractivity contribution in [2.75, 3.05) is 30.5 Å². The van der Waals surface area contributed by atoms with E-state index in [1.165, 1.54) is 11.3 Å². The van der Waals surface area contributed by atoms with Gasteiger partial charge < -0.3 is 19.4 Å². The number of hydrogen-bond donors (Lipinski definition) is 3. The summed E-state index contributed by atoms with van der Waals surface area (Å²) in [5.41, 5.74) is 2.95. The first-order chi connectivity index (χ1) is 16.1. The summed E-state index contributed by atoms with van der Waals surface area (Å²) in [6, 6.07) is 7.28. The zero-order valence-electron chi connectivity index (χ0n) is 17.9. The average Bonchev–Trinajstić information content (AvgIpc) is 3.55. The molecule has 4 aromatic rings. The number of hydrogen-bond acceptors (Lipinski definition) is 7. The number of benzene rings is 1. The molecule has 170 valence electrons. The number of anilines is 2. The molecule has 0 atom stereocenters. The van der Waals surface area contributed by atoms with E-state index in [2.05, 4.69) is 25.8 Å². The molecule has 1 aliphatic rings. The highest BCUT2D eigenvalue weighted by molar-refractivity contribution is 7.17. The fourth-order valence-electron chi connectivity index (χ4n) is 3.65. The van der Waals surface area contributed by atoms with Gasteiger partial charge in [-0.3, -0.25) is 20.0 Å². The van der Waals surface area contributed by atoms with Gasteiger partial charge in [0.25, 0.3) is 11.8 Å². The number of fused-ring (bicyclic) bond motifs is 2. The van der Waals surface area contributed by atoms with Gasteiger partial charge in [0.1, 0.15) is 5.75 Å². The standard InChI is InChI=1S/C22H22N6O4S/c1-2-31-7-3-6-28-16-9-17-15(25-20(29)12-32-17)8-14(16)26-22(28)27-21(30)19-5-4-18(33-19)13-10-23-24-11-13/h4-5,8-11H,2-3,6-7,12H2,1H3,(H,23,24)(H,25,29)(H,26,27,30). The molecule has 0 saturated heterocycles. The lowest BCUT2D eigenvalue weighted by atomic mass is 10.2. The molecule has 0 unspecified atom stereocenters. The van der Waals surface area contributed by atoms with Crippen molar-refractivity contribution in [2.45, 2.75) is 19.9 Å². The minimum absolute atomic E-state index is 0.0298. The molecule has 11 heteroatoms. The monoisotopic (exact) mass is 466 g/mol. The number of nitrogens with one attached hydrogen (secondary N) is 3. The normalized spacial score (nSPS) is 12.9. The van der Waals surface area contributed by atoms with Crippen LogP contribution in [0, 0.1) is 0 Å². The molecule has 0 bridgehead atoms. The van der Waals surface area contributed by atoms with E-state index in [1.54, 1.807) is 24.5 Å². The second-order valence-electron chi connectivity index (χ2n) is 7.42. The Labute approximate surface area is 192 Å². The van der Waals surface area contributed by atoms with E-state index >= 15 is 0 Å². The molecule has 0 fully saturated rings. The quantitative estimate of drug-likeness (QED) is 0.342. The Morgan fingerprint density at radius 1 is 1.36 bits per heavy atom. The number of nitrogens with zero attached hydrogens (tertiary/aromatic N) is 3. The van der Waals surface area contributed by atoms with E-state index in [1.807, 2.05) is 23.6 Å². The minimum Gasteiger partial charge on any atom is -0.482 e. The average molecular weight is 467 g/mol. The summed E-state index contributed by atoms with van der Waals surface area (Å²) in [6.45, 7) is 3.77. The first kappa shape index (κ1) is 21.2. The van der Waals surface area contributed by atoms with Crippen LogP contribution in [0.15, 0.2) is 36.7 Å². The Morgan fingerprint density at radius 2 is 2.27 bits per heavy atom. The molecule has 33 heavy (non-hydrogen) atoms. The number of imidazole rings is 1. The van der Waals surface area contributed by atoms with Gasteiger partial charge in [0.05, 0.1) is 27.8 Å². The van der Waals surface area contributed by atoms with Crippen LogP contribution in [0.1, 0.15) is 23.0 Å². The van der Waals surface area contributed by atoms with Gasteiger partial charge in [-0.15, -0.1) is 11.3 Å². The molecular weight excluding hydrogens is 444 g/mol. The molecule has 1 aromatic carbocycles. The SMILES string of the molecule is CCOCCCn1c(NC(=O)c2ccc(-c3cn[nH]c3)s2)nc2cc3c(cc21)OCC(=O)N3. The fraction of sp³-hybridized carbons (Fsp3) is 0.273. The maximum atomic E-state index is 13.0. The van der Waals surface area contributed by atoms with Crippen molar-refractivity contribution >= 4 is 45.8 Å². The number of ether oxygens (including phenoxy) is 2. The number of aromatic amines is 1. The van der Waals surface area contributed by atoms with Crippen LogP contribution >= 0.6 is 11.3 Å². The molecule has 0 spiro atoms. The maximum absolute atomic E-state index is 13.0. The van der Waals surface area contributed by atoms with Crippen molar-refractivity contribution in [1.29, 1.82) is 0 Å². The second-order valence-corrected chi connectivity index (χ2v) is 8.50. The van der Waals surface area contributed by atoms with E-state index in [0.29, 0.717) is 47.5 Å². The number of carbonyl (C=O) groups excluding carboxylic acids is 2. The second kappa shape index (κ2) is 9.04. The summed E-state index contributed by atoms with van der Waals surface area (Å²) in [4.78, 5) is 30.9. The van der Waals surface area contributed by atoms with Crippen LogP contribution in [0.4, 0.5) is 11.6 Å². The third kappa shape index (κ3) is 4.32. The summed E-state index contributed by atoms with van der Waals surface area (Å²) < 4.78 is 13.0. The van der Waals surface area contributed by atoms with E-state index in [-0.39, 0.29) is 18.4 Å². The van der Waals surface area contributed by atoms with Gasteiger partial charge in [0.15, 0.2) is 6.61 Å². The number of H-pyrrole nitrogens is 1. The molecule has 3 aromatic heterocycles. The van der Waals surface area contributed by atoms with Crippen molar-refractivity contribution in [3.05, 3.63) is 41.5 Å². The van der Waals surface area contributed by atoms with Crippen molar-refractivity contribution < 1.29 is 19.1 Å². The Hall–Kier alpha value is -3.70. The van der Waals surface area contributed by atoms with Crippen molar-refractivity contribution in [3.63, 3.8) is 0 Å². The molecule has 2 amide bonds. The van der Waals surface area contributed by atoms with Gasteiger partial charge in [-0.2, -0.15) is 5.10 Å². The summed E-state index contributed by atoms with van der Waals surface area (Å²) in [5.74, 6) is 0.551. The molecule has 10 nitrogen and oxygen atoms in total. The van der Waals surface area contributed by atoms with Crippen molar-refractivity contribution in [3.8, 4) is 16.2 Å². The summed E-state index contributed by atoms with van der Waals surface area (Å²) in [5, 5.41) is 12.5. The molecule has 0 saturated carbocycles. The molecule has 1 aliphatic heterocycles. The topological polar surface area (TPSA) is 123 Å². The van der Waals surface area contributed by atoms with Crippen LogP contribution in [0.3, 0.4) is 0 Å². The van der Waals surface area contributed by atoms with E-state index < -0.39 is 0 Å². The fourth-order valence-corrected chi connectivity index (χ4v) is 4.54.